The third-order valence-electron chi connectivity index (χ3n) is 8.19. The lowest BCUT2D eigenvalue weighted by atomic mass is 10.1. The van der Waals surface area contributed by atoms with Crippen LogP contribution in [0.3, 0.4) is 0 Å². The second-order valence-corrected chi connectivity index (χ2v) is 11.7. The molecule has 1 saturated carbocycles. The standard InChI is InChI=1S/C32H39N5O7/c1-16-26(24-11-19-12-25(41-7)34-17(2)27(19)42-24)30(36-23-10-20(15-38)28-29(23)44-32(3,4)43-28)37-31(35-16)33-14-18-8-21(39-5)13-22(9-18)40-6/h8-9,11-13,20,23,28-29,38H,10,14-15H2,1-7H3,(H2,33,35,36,37)/t20-,23-,28-,29+/m1/s1. The second kappa shape index (κ2) is 11.8. The molecule has 0 amide bonds. The Bertz CT molecular complexity index is 1650. The Balaban J connectivity index is 1.38. The molecule has 4 heterocycles. The van der Waals surface area contributed by atoms with E-state index in [1.165, 1.54) is 0 Å². The number of fused-ring (bicyclic) bond motifs is 2. The van der Waals surface area contributed by atoms with Crippen LogP contribution in [0.1, 0.15) is 37.2 Å². The van der Waals surface area contributed by atoms with Crippen LogP contribution >= 0.6 is 0 Å². The van der Waals surface area contributed by atoms with Crippen molar-refractivity contribution in [2.45, 2.75) is 64.7 Å². The number of aromatic nitrogens is 3. The van der Waals surface area contributed by atoms with Gasteiger partial charge in [0.2, 0.25) is 11.8 Å². The molecule has 1 aliphatic carbocycles. The number of hydrogen-bond acceptors (Lipinski definition) is 12. The first kappa shape index (κ1) is 29.9. The first-order chi connectivity index (χ1) is 21.1. The predicted molar refractivity (Wildman–Crippen MR) is 164 cm³/mol. The number of pyridine rings is 1. The van der Waals surface area contributed by atoms with E-state index in [2.05, 4.69) is 15.6 Å². The summed E-state index contributed by atoms with van der Waals surface area (Å²) in [5.41, 5.74) is 3.75. The summed E-state index contributed by atoms with van der Waals surface area (Å²) in [7, 11) is 4.83. The lowest BCUT2D eigenvalue weighted by Crippen LogP contribution is -2.35. The molecule has 3 aromatic heterocycles. The highest BCUT2D eigenvalue weighted by molar-refractivity contribution is 5.88. The molecule has 4 atom stereocenters. The Hall–Kier alpha value is -4.13. The minimum Gasteiger partial charge on any atom is -0.497 e. The van der Waals surface area contributed by atoms with Crippen LogP contribution < -0.4 is 24.8 Å². The number of furan rings is 1. The average Bonchev–Trinajstić information content (AvgIpc) is 3.66. The fraction of sp³-hybridized carbons (Fsp3) is 0.469. The first-order valence-corrected chi connectivity index (χ1v) is 14.6. The van der Waals surface area contributed by atoms with E-state index >= 15 is 0 Å². The highest BCUT2D eigenvalue weighted by Gasteiger charge is 2.54. The van der Waals surface area contributed by atoms with Crippen LogP contribution in [0.5, 0.6) is 17.4 Å². The number of methoxy groups -OCH3 is 3. The van der Waals surface area contributed by atoms with Gasteiger partial charge in [0.25, 0.3) is 0 Å². The Kier molecular flexibility index (Phi) is 7.99. The molecule has 0 bridgehead atoms. The van der Waals surface area contributed by atoms with Gasteiger partial charge < -0.3 is 43.8 Å². The maximum Gasteiger partial charge on any atom is 0.225 e. The van der Waals surface area contributed by atoms with Gasteiger partial charge in [-0.2, -0.15) is 4.98 Å². The Morgan fingerprint density at radius 1 is 0.909 bits per heavy atom. The molecule has 1 saturated heterocycles. The number of aliphatic hydroxyl groups excluding tert-OH is 1. The topological polar surface area (TPSA) is 142 Å². The number of hydrogen-bond donors (Lipinski definition) is 3. The molecule has 12 nitrogen and oxygen atoms in total. The summed E-state index contributed by atoms with van der Waals surface area (Å²) in [6, 6.07) is 9.31. The van der Waals surface area contributed by atoms with Crippen LogP contribution in [-0.4, -0.2) is 72.0 Å². The highest BCUT2D eigenvalue weighted by atomic mass is 16.8. The molecule has 0 radical (unpaired) electrons. The SMILES string of the molecule is COc1cc(CNc2nc(C)c(-c3cc4cc(OC)nc(C)c4o3)c(N[C@@H]3C[C@H](CO)[C@H]4OC(C)(C)O[C@H]43)n2)cc(OC)c1. The molecular formula is C32H39N5O7. The van der Waals surface area contributed by atoms with Gasteiger partial charge >= 0.3 is 0 Å². The fourth-order valence-corrected chi connectivity index (χ4v) is 6.19. The van der Waals surface area contributed by atoms with E-state index in [0.717, 1.165) is 16.5 Å². The van der Waals surface area contributed by atoms with Crippen molar-refractivity contribution in [3.8, 4) is 28.7 Å². The third-order valence-corrected chi connectivity index (χ3v) is 8.19. The molecule has 1 aliphatic heterocycles. The van der Waals surface area contributed by atoms with Crippen LogP contribution in [0, 0.1) is 19.8 Å². The van der Waals surface area contributed by atoms with Gasteiger partial charge in [-0.25, -0.2) is 9.97 Å². The number of nitrogens with one attached hydrogen (secondary N) is 2. The molecule has 0 spiro atoms. The molecule has 4 aromatic rings. The number of aryl methyl sites for hydroxylation is 2. The summed E-state index contributed by atoms with van der Waals surface area (Å²) in [6.45, 7) is 8.04. The zero-order valence-corrected chi connectivity index (χ0v) is 26.1. The molecule has 12 heteroatoms. The number of nitrogens with zero attached hydrogens (tertiary/aromatic N) is 3. The number of ether oxygens (including phenoxy) is 5. The quantitative estimate of drug-likeness (QED) is 0.227. The zero-order chi connectivity index (χ0) is 31.2. The fourth-order valence-electron chi connectivity index (χ4n) is 6.19. The van der Waals surface area contributed by atoms with Gasteiger partial charge in [0.05, 0.1) is 50.4 Å². The van der Waals surface area contributed by atoms with E-state index in [9.17, 15) is 5.11 Å². The Morgan fingerprint density at radius 3 is 2.32 bits per heavy atom. The van der Waals surface area contributed by atoms with Gasteiger partial charge in [0, 0.05) is 36.6 Å². The molecule has 1 aromatic carbocycles. The molecule has 0 unspecified atom stereocenters. The van der Waals surface area contributed by atoms with E-state index in [-0.39, 0.29) is 30.8 Å². The van der Waals surface area contributed by atoms with Gasteiger partial charge in [0.1, 0.15) is 29.2 Å². The van der Waals surface area contributed by atoms with E-state index in [1.54, 1.807) is 21.3 Å². The molecular weight excluding hydrogens is 566 g/mol. The summed E-state index contributed by atoms with van der Waals surface area (Å²) < 4.78 is 35.1. The molecule has 2 aliphatic rings. The van der Waals surface area contributed by atoms with Crippen molar-refractivity contribution in [3.05, 3.63) is 47.3 Å². The largest absolute Gasteiger partial charge is 0.497 e. The van der Waals surface area contributed by atoms with Crippen LogP contribution in [-0.2, 0) is 16.0 Å². The summed E-state index contributed by atoms with van der Waals surface area (Å²) in [5, 5.41) is 18.0. The van der Waals surface area contributed by atoms with Crippen LogP contribution in [0.2, 0.25) is 0 Å². The van der Waals surface area contributed by atoms with E-state index in [1.807, 2.05) is 58.0 Å². The van der Waals surface area contributed by atoms with Gasteiger partial charge in [-0.05, 0) is 57.9 Å². The number of benzene rings is 1. The first-order valence-electron chi connectivity index (χ1n) is 14.6. The van der Waals surface area contributed by atoms with Crippen molar-refractivity contribution in [1.29, 1.82) is 0 Å². The lowest BCUT2D eigenvalue weighted by molar-refractivity contribution is -0.158. The van der Waals surface area contributed by atoms with Crippen molar-refractivity contribution < 1.29 is 33.2 Å². The van der Waals surface area contributed by atoms with Crippen molar-refractivity contribution in [2.75, 3.05) is 38.6 Å². The molecule has 44 heavy (non-hydrogen) atoms. The minimum absolute atomic E-state index is 0.00291. The van der Waals surface area contributed by atoms with E-state index < -0.39 is 5.79 Å². The molecule has 2 fully saturated rings. The van der Waals surface area contributed by atoms with E-state index in [4.69, 9.17) is 38.1 Å². The van der Waals surface area contributed by atoms with E-state index in [0.29, 0.717) is 64.8 Å². The lowest BCUT2D eigenvalue weighted by Gasteiger charge is -2.25. The summed E-state index contributed by atoms with van der Waals surface area (Å²) >= 11 is 0. The summed E-state index contributed by atoms with van der Waals surface area (Å²) in [6.07, 6.45) is 0.154. The third kappa shape index (κ3) is 5.72. The van der Waals surface area contributed by atoms with Crippen LogP contribution in [0.4, 0.5) is 11.8 Å². The maximum atomic E-state index is 10.1. The van der Waals surface area contributed by atoms with Crippen molar-refractivity contribution >= 4 is 22.7 Å². The van der Waals surface area contributed by atoms with Crippen molar-refractivity contribution in [2.24, 2.45) is 5.92 Å². The van der Waals surface area contributed by atoms with Gasteiger partial charge in [-0.15, -0.1) is 0 Å². The maximum absolute atomic E-state index is 10.1. The number of aliphatic hydroxyl groups is 1. The number of anilines is 2. The summed E-state index contributed by atoms with van der Waals surface area (Å²) in [4.78, 5) is 14.2. The average molecular weight is 606 g/mol. The molecule has 234 valence electrons. The van der Waals surface area contributed by atoms with Gasteiger partial charge in [0.15, 0.2) is 11.4 Å². The molecule has 6 rings (SSSR count). The van der Waals surface area contributed by atoms with Crippen molar-refractivity contribution in [1.82, 2.24) is 15.0 Å². The second-order valence-electron chi connectivity index (χ2n) is 11.7. The smallest absolute Gasteiger partial charge is 0.225 e. The zero-order valence-electron chi connectivity index (χ0n) is 26.1. The molecule has 3 N–H and O–H groups in total. The van der Waals surface area contributed by atoms with Gasteiger partial charge in [-0.3, -0.25) is 0 Å². The Morgan fingerprint density at radius 2 is 1.64 bits per heavy atom. The van der Waals surface area contributed by atoms with Crippen LogP contribution in [0.15, 0.2) is 34.7 Å². The van der Waals surface area contributed by atoms with Crippen molar-refractivity contribution in [3.63, 3.8) is 0 Å². The minimum atomic E-state index is -0.750. The monoisotopic (exact) mass is 605 g/mol. The highest BCUT2D eigenvalue weighted by Crippen LogP contribution is 2.44. The predicted octanol–water partition coefficient (Wildman–Crippen LogP) is 4.85. The summed E-state index contributed by atoms with van der Waals surface area (Å²) in [5.74, 6) is 2.68. The van der Waals surface area contributed by atoms with Crippen LogP contribution in [0.25, 0.3) is 22.3 Å². The van der Waals surface area contributed by atoms with Gasteiger partial charge in [-0.1, -0.05) is 0 Å². The Labute approximate surface area is 256 Å². The normalized spacial score (nSPS) is 22.2. The number of rotatable bonds is 10.